The molecule has 2 rings (SSSR count). The molecule has 2 aromatic carbocycles. The van der Waals surface area contributed by atoms with Crippen molar-refractivity contribution in [1.82, 2.24) is 0 Å². The van der Waals surface area contributed by atoms with E-state index in [0.717, 1.165) is 12.1 Å². The molecule has 0 aliphatic carbocycles. The van der Waals surface area contributed by atoms with Crippen molar-refractivity contribution >= 4 is 42.4 Å². The number of anilines is 1. The van der Waals surface area contributed by atoms with E-state index >= 15 is 0 Å². The summed E-state index contributed by atoms with van der Waals surface area (Å²) in [6, 6.07) is 2.32. The van der Waals surface area contributed by atoms with Gasteiger partial charge in [-0.3, -0.25) is 9.11 Å². The highest BCUT2D eigenvalue weighted by Gasteiger charge is 2.23. The minimum absolute atomic E-state index is 0.150. The van der Waals surface area contributed by atoms with Gasteiger partial charge in [-0.2, -0.15) is 27.1 Å². The number of phenols is 1. The molecule has 0 aliphatic rings. The largest absolute Gasteiger partial charge is 0.507 e. The maximum absolute atomic E-state index is 11.5. The Bertz CT molecular complexity index is 1040. The molecule has 0 atom stereocenters. The number of benzene rings is 2. The smallest absolute Gasteiger partial charge is 0.295 e. The van der Waals surface area contributed by atoms with Crippen molar-refractivity contribution in [3.8, 4) is 5.75 Å². The van der Waals surface area contributed by atoms with Gasteiger partial charge in [0.15, 0.2) is 0 Å². The van der Waals surface area contributed by atoms with E-state index in [2.05, 4.69) is 10.2 Å². The van der Waals surface area contributed by atoms with Crippen LogP contribution in [-0.4, -0.2) is 38.1 Å². The lowest BCUT2D eigenvalue weighted by molar-refractivity contribution is 0.470. The van der Waals surface area contributed by atoms with E-state index in [1.165, 1.54) is 7.05 Å². The van der Waals surface area contributed by atoms with Crippen LogP contribution in [0.4, 0.5) is 11.4 Å². The molecule has 0 fully saturated rings. The third-order valence-corrected chi connectivity index (χ3v) is 4.68. The summed E-state index contributed by atoms with van der Waals surface area (Å²) < 4.78 is 63.9. The van der Waals surface area contributed by atoms with Crippen LogP contribution < -0.4 is 5.73 Å². The first-order chi connectivity index (χ1) is 10.5. The van der Waals surface area contributed by atoms with Crippen molar-refractivity contribution in [2.45, 2.75) is 9.79 Å². The molecule has 124 valence electrons. The number of nitrogen functional groups attached to an aromatic ring is 1. The van der Waals surface area contributed by atoms with Crippen LogP contribution in [0.5, 0.6) is 5.75 Å². The Labute approximate surface area is 130 Å². The Balaban J connectivity index is 3.14. The molecule has 0 saturated carbocycles. The van der Waals surface area contributed by atoms with Crippen molar-refractivity contribution in [2.24, 2.45) is 10.2 Å². The van der Waals surface area contributed by atoms with Crippen LogP contribution in [0.15, 0.2) is 38.2 Å². The number of nitrogens with zero attached hydrogens (tertiary/aromatic N) is 2. The molecule has 5 N–H and O–H groups in total. The molecule has 10 nitrogen and oxygen atoms in total. The van der Waals surface area contributed by atoms with E-state index in [1.54, 1.807) is 0 Å². The highest BCUT2D eigenvalue weighted by molar-refractivity contribution is 7.86. The minimum atomic E-state index is -4.81. The predicted molar refractivity (Wildman–Crippen MR) is 80.1 cm³/mol. The Morgan fingerprint density at radius 3 is 2.13 bits per heavy atom. The van der Waals surface area contributed by atoms with Gasteiger partial charge in [-0.25, -0.2) is 0 Å². The third kappa shape index (κ3) is 3.10. The first-order valence-corrected chi connectivity index (χ1v) is 8.69. The molecule has 0 saturated heterocycles. The van der Waals surface area contributed by atoms with Crippen LogP contribution in [0.2, 0.25) is 0 Å². The molecule has 0 aromatic heterocycles. The van der Waals surface area contributed by atoms with Gasteiger partial charge in [-0.1, -0.05) is 0 Å². The van der Waals surface area contributed by atoms with E-state index < -0.39 is 41.2 Å². The van der Waals surface area contributed by atoms with E-state index in [1.807, 2.05) is 0 Å². The number of azo groups is 1. The van der Waals surface area contributed by atoms with Gasteiger partial charge in [0.25, 0.3) is 20.2 Å². The van der Waals surface area contributed by atoms with E-state index in [-0.39, 0.29) is 16.8 Å². The molecule has 0 radical (unpaired) electrons. The topological polar surface area (TPSA) is 180 Å². The summed E-state index contributed by atoms with van der Waals surface area (Å²) in [5.74, 6) is -0.717. The van der Waals surface area contributed by atoms with E-state index in [0.29, 0.717) is 6.07 Å². The molecule has 0 amide bonds. The van der Waals surface area contributed by atoms with Crippen molar-refractivity contribution in [3.63, 3.8) is 0 Å². The van der Waals surface area contributed by atoms with Crippen molar-refractivity contribution in [2.75, 3.05) is 12.8 Å². The van der Waals surface area contributed by atoms with Crippen LogP contribution in [0.1, 0.15) is 0 Å². The zero-order valence-electron chi connectivity index (χ0n) is 11.5. The van der Waals surface area contributed by atoms with Gasteiger partial charge in [0.05, 0.1) is 16.0 Å². The van der Waals surface area contributed by atoms with Crippen LogP contribution in [-0.2, 0) is 20.2 Å². The highest BCUT2D eigenvalue weighted by atomic mass is 32.2. The zero-order valence-corrected chi connectivity index (χ0v) is 13.1. The Morgan fingerprint density at radius 1 is 1.04 bits per heavy atom. The lowest BCUT2D eigenvalue weighted by Gasteiger charge is -2.12. The van der Waals surface area contributed by atoms with Crippen LogP contribution in [0.3, 0.4) is 0 Å². The number of aromatic hydroxyl groups is 1. The van der Waals surface area contributed by atoms with Crippen LogP contribution >= 0.6 is 0 Å². The van der Waals surface area contributed by atoms with Gasteiger partial charge in [0.2, 0.25) is 0 Å². The second-order valence-electron chi connectivity index (χ2n) is 4.42. The average Bonchev–Trinajstić information content (AvgIpc) is 2.39. The molecule has 0 heterocycles. The summed E-state index contributed by atoms with van der Waals surface area (Å²) in [5.41, 5.74) is 5.44. The molecule has 23 heavy (non-hydrogen) atoms. The van der Waals surface area contributed by atoms with Crippen molar-refractivity contribution in [3.05, 3.63) is 18.2 Å². The maximum atomic E-state index is 11.5. The molecule has 0 bridgehead atoms. The standard InChI is InChI=1S/C11H11N3O7S2/c1-13-14-7-4-9(23(19,20)21)6-2-5(22(16,17)18)3-8(15)10(6)11(7)12/h2-4,15H,12H2,1H3,(H,16,17,18)(H,19,20,21). The summed E-state index contributed by atoms with van der Waals surface area (Å²) >= 11 is 0. The molecule has 12 heteroatoms. The molecule has 0 unspecified atom stereocenters. The fourth-order valence-electron chi connectivity index (χ4n) is 2.04. The Morgan fingerprint density at radius 2 is 1.65 bits per heavy atom. The second-order valence-corrected chi connectivity index (χ2v) is 7.23. The molecule has 0 spiro atoms. The fourth-order valence-corrected chi connectivity index (χ4v) is 3.27. The fraction of sp³-hybridized carbons (Fsp3) is 0.0909. The number of hydrogen-bond acceptors (Lipinski definition) is 8. The summed E-state index contributed by atoms with van der Waals surface area (Å²) in [5, 5.41) is 16.3. The second kappa shape index (κ2) is 5.42. The number of hydrogen-bond donors (Lipinski definition) is 4. The highest BCUT2D eigenvalue weighted by Crippen LogP contribution is 2.41. The molecule has 2 aromatic rings. The summed E-state index contributed by atoms with van der Waals surface area (Å²) in [7, 11) is -8.25. The predicted octanol–water partition coefficient (Wildman–Crippen LogP) is 1.33. The SMILES string of the molecule is CN=Nc1cc(S(=O)(=O)O)c2cc(S(=O)(=O)O)cc(O)c2c1N. The summed E-state index contributed by atoms with van der Waals surface area (Å²) in [4.78, 5) is -1.51. The normalized spacial score (nSPS) is 13.0. The van der Waals surface area contributed by atoms with Crippen molar-refractivity contribution in [1.29, 1.82) is 0 Å². The molecular weight excluding hydrogens is 350 g/mol. The lowest BCUT2D eigenvalue weighted by Crippen LogP contribution is -2.04. The van der Waals surface area contributed by atoms with E-state index in [9.17, 15) is 26.5 Å². The van der Waals surface area contributed by atoms with Gasteiger partial charge in [0, 0.05) is 18.5 Å². The first-order valence-electron chi connectivity index (χ1n) is 5.81. The first kappa shape index (κ1) is 17.1. The molecule has 0 aliphatic heterocycles. The summed E-state index contributed by atoms with van der Waals surface area (Å²) in [6.07, 6.45) is 0. The number of fused-ring (bicyclic) bond motifs is 1. The Hall–Kier alpha value is -2.28. The summed E-state index contributed by atoms with van der Waals surface area (Å²) in [6.45, 7) is 0. The average molecular weight is 361 g/mol. The number of nitrogens with two attached hydrogens (primary N) is 1. The van der Waals surface area contributed by atoms with Gasteiger partial charge in [-0.15, -0.1) is 0 Å². The molecular formula is C11H11N3O7S2. The van der Waals surface area contributed by atoms with E-state index in [4.69, 9.17) is 10.3 Å². The van der Waals surface area contributed by atoms with Gasteiger partial charge < -0.3 is 10.8 Å². The van der Waals surface area contributed by atoms with Gasteiger partial charge >= 0.3 is 0 Å². The quantitative estimate of drug-likeness (QED) is 0.359. The number of rotatable bonds is 3. The van der Waals surface area contributed by atoms with Crippen LogP contribution in [0.25, 0.3) is 10.8 Å². The maximum Gasteiger partial charge on any atom is 0.295 e. The lowest BCUT2D eigenvalue weighted by atomic mass is 10.1. The monoisotopic (exact) mass is 361 g/mol. The van der Waals surface area contributed by atoms with Crippen LogP contribution in [0, 0.1) is 0 Å². The van der Waals surface area contributed by atoms with Gasteiger partial charge in [-0.05, 0) is 12.1 Å². The van der Waals surface area contributed by atoms with Gasteiger partial charge in [0.1, 0.15) is 16.3 Å². The Kier molecular flexibility index (Phi) is 4.02. The van der Waals surface area contributed by atoms with Crippen molar-refractivity contribution < 1.29 is 31.0 Å². The minimum Gasteiger partial charge on any atom is -0.507 e. The zero-order chi connectivity index (χ0) is 17.6. The number of phenolic OH excluding ortho intramolecular Hbond substituents is 1. The third-order valence-electron chi connectivity index (χ3n) is 2.95.